The number of thiophene rings is 1. The summed E-state index contributed by atoms with van der Waals surface area (Å²) in [4.78, 5) is 6.94. The molecule has 3 aromatic rings. The summed E-state index contributed by atoms with van der Waals surface area (Å²) in [6.07, 6.45) is 3.78. The van der Waals surface area contributed by atoms with Crippen molar-refractivity contribution in [3.05, 3.63) is 75.7 Å². The fourth-order valence-corrected chi connectivity index (χ4v) is 3.43. The van der Waals surface area contributed by atoms with Crippen molar-refractivity contribution in [1.29, 1.82) is 0 Å². The van der Waals surface area contributed by atoms with E-state index in [2.05, 4.69) is 64.0 Å². The van der Waals surface area contributed by atoms with Gasteiger partial charge in [0.1, 0.15) is 0 Å². The molecular formula is C19H23N5S. The summed E-state index contributed by atoms with van der Waals surface area (Å²) in [6, 6.07) is 14.6. The van der Waals surface area contributed by atoms with Gasteiger partial charge in [0, 0.05) is 35.7 Å². The number of hydrogen-bond donors (Lipinski definition) is 2. The van der Waals surface area contributed by atoms with E-state index in [0.717, 1.165) is 25.6 Å². The molecule has 3 rings (SSSR count). The van der Waals surface area contributed by atoms with Crippen LogP contribution in [-0.2, 0) is 19.6 Å². The summed E-state index contributed by atoms with van der Waals surface area (Å²) < 4.78 is 1.94. The standard InChI is InChI=1S/C19H23N5S/c1-15-8-9-18(25-15)13-22-19(20-2)21-12-16-6-3-4-7-17(16)14-24-11-5-10-23-24/h3-11H,12-14H2,1-2H3,(H2,20,21,22). The summed E-state index contributed by atoms with van der Waals surface area (Å²) in [7, 11) is 1.80. The number of nitrogens with zero attached hydrogens (tertiary/aromatic N) is 3. The quantitative estimate of drug-likeness (QED) is 0.529. The molecule has 0 saturated heterocycles. The van der Waals surface area contributed by atoms with Crippen molar-refractivity contribution in [3.8, 4) is 0 Å². The minimum Gasteiger partial charge on any atom is -0.352 e. The van der Waals surface area contributed by atoms with Crippen LogP contribution < -0.4 is 10.6 Å². The summed E-state index contributed by atoms with van der Waals surface area (Å²) in [5.74, 6) is 0.806. The first-order valence-electron chi connectivity index (χ1n) is 8.28. The van der Waals surface area contributed by atoms with Crippen LogP contribution in [0.25, 0.3) is 0 Å². The van der Waals surface area contributed by atoms with Crippen LogP contribution in [0.3, 0.4) is 0 Å². The van der Waals surface area contributed by atoms with E-state index in [9.17, 15) is 0 Å². The van der Waals surface area contributed by atoms with E-state index in [4.69, 9.17) is 0 Å². The van der Waals surface area contributed by atoms with Crippen LogP contribution in [0.2, 0.25) is 0 Å². The first-order valence-corrected chi connectivity index (χ1v) is 9.10. The second-order valence-corrected chi connectivity index (χ2v) is 7.14. The van der Waals surface area contributed by atoms with Crippen molar-refractivity contribution < 1.29 is 0 Å². The summed E-state index contributed by atoms with van der Waals surface area (Å²) in [6.45, 7) is 4.40. The Morgan fingerprint density at radius 3 is 2.56 bits per heavy atom. The van der Waals surface area contributed by atoms with Gasteiger partial charge in [0.2, 0.25) is 0 Å². The monoisotopic (exact) mass is 353 g/mol. The van der Waals surface area contributed by atoms with Crippen molar-refractivity contribution in [2.75, 3.05) is 7.05 Å². The zero-order valence-corrected chi connectivity index (χ0v) is 15.4. The van der Waals surface area contributed by atoms with Crippen molar-refractivity contribution in [2.45, 2.75) is 26.6 Å². The van der Waals surface area contributed by atoms with Crippen molar-refractivity contribution in [2.24, 2.45) is 4.99 Å². The molecule has 0 aliphatic rings. The van der Waals surface area contributed by atoms with Gasteiger partial charge in [0.05, 0.1) is 13.1 Å². The maximum Gasteiger partial charge on any atom is 0.191 e. The zero-order chi connectivity index (χ0) is 17.5. The third-order valence-corrected chi connectivity index (χ3v) is 4.91. The molecular weight excluding hydrogens is 330 g/mol. The van der Waals surface area contributed by atoms with Gasteiger partial charge in [-0.3, -0.25) is 9.67 Å². The smallest absolute Gasteiger partial charge is 0.191 e. The van der Waals surface area contributed by atoms with Crippen LogP contribution in [0.4, 0.5) is 0 Å². The average molecular weight is 353 g/mol. The van der Waals surface area contributed by atoms with E-state index in [1.54, 1.807) is 24.6 Å². The van der Waals surface area contributed by atoms with Crippen LogP contribution in [-0.4, -0.2) is 22.8 Å². The lowest BCUT2D eigenvalue weighted by Crippen LogP contribution is -2.36. The maximum atomic E-state index is 4.31. The van der Waals surface area contributed by atoms with E-state index in [0.29, 0.717) is 0 Å². The molecule has 5 nitrogen and oxygen atoms in total. The Kier molecular flexibility index (Phi) is 5.85. The number of hydrogen-bond acceptors (Lipinski definition) is 3. The van der Waals surface area contributed by atoms with E-state index < -0.39 is 0 Å². The Labute approximate surface area is 152 Å². The van der Waals surface area contributed by atoms with E-state index in [1.807, 2.05) is 16.9 Å². The molecule has 0 unspecified atom stereocenters. The highest BCUT2D eigenvalue weighted by Gasteiger charge is 2.05. The topological polar surface area (TPSA) is 54.2 Å². The first-order chi connectivity index (χ1) is 12.2. The fourth-order valence-electron chi connectivity index (χ4n) is 2.60. The largest absolute Gasteiger partial charge is 0.352 e. The number of nitrogens with one attached hydrogen (secondary N) is 2. The Morgan fingerprint density at radius 2 is 1.88 bits per heavy atom. The number of guanidine groups is 1. The van der Waals surface area contributed by atoms with Crippen LogP contribution in [0, 0.1) is 6.92 Å². The predicted molar refractivity (Wildman–Crippen MR) is 104 cm³/mol. The molecule has 0 fully saturated rings. The lowest BCUT2D eigenvalue weighted by Gasteiger charge is -2.14. The lowest BCUT2D eigenvalue weighted by atomic mass is 10.1. The van der Waals surface area contributed by atoms with Gasteiger partial charge in [0.15, 0.2) is 5.96 Å². The van der Waals surface area contributed by atoms with Crippen LogP contribution in [0.15, 0.2) is 59.9 Å². The third-order valence-electron chi connectivity index (χ3n) is 3.91. The highest BCUT2D eigenvalue weighted by atomic mass is 32.1. The molecule has 0 aliphatic carbocycles. The molecule has 1 aromatic carbocycles. The normalized spacial score (nSPS) is 11.5. The van der Waals surface area contributed by atoms with Gasteiger partial charge in [-0.25, -0.2) is 0 Å². The summed E-state index contributed by atoms with van der Waals surface area (Å²) in [5, 5.41) is 11.1. The molecule has 2 heterocycles. The van der Waals surface area contributed by atoms with Gasteiger partial charge in [-0.1, -0.05) is 24.3 Å². The predicted octanol–water partition coefficient (Wildman–Crippen LogP) is 3.17. The molecule has 0 saturated carbocycles. The number of aryl methyl sites for hydroxylation is 1. The molecule has 2 N–H and O–H groups in total. The summed E-state index contributed by atoms with van der Waals surface area (Å²) in [5.41, 5.74) is 2.50. The number of benzene rings is 1. The Balaban J connectivity index is 1.58. The molecule has 0 amide bonds. The number of aliphatic imine (C=N–C) groups is 1. The van der Waals surface area contributed by atoms with Crippen molar-refractivity contribution >= 4 is 17.3 Å². The number of aromatic nitrogens is 2. The highest BCUT2D eigenvalue weighted by Crippen LogP contribution is 2.14. The van der Waals surface area contributed by atoms with E-state index in [1.165, 1.54) is 20.9 Å². The Morgan fingerprint density at radius 1 is 1.08 bits per heavy atom. The Bertz CT molecular complexity index is 820. The van der Waals surface area contributed by atoms with Crippen LogP contribution in [0.5, 0.6) is 0 Å². The maximum absolute atomic E-state index is 4.31. The second-order valence-electron chi connectivity index (χ2n) is 5.76. The zero-order valence-electron chi connectivity index (χ0n) is 14.6. The fraction of sp³-hybridized carbons (Fsp3) is 0.263. The van der Waals surface area contributed by atoms with Crippen molar-refractivity contribution in [3.63, 3.8) is 0 Å². The number of rotatable bonds is 6. The molecule has 0 aliphatic heterocycles. The molecule has 0 radical (unpaired) electrons. The molecule has 0 atom stereocenters. The van der Waals surface area contributed by atoms with Crippen LogP contribution >= 0.6 is 11.3 Å². The minimum atomic E-state index is 0.723. The SMILES string of the molecule is CN=C(NCc1ccc(C)s1)NCc1ccccc1Cn1cccn1. The van der Waals surface area contributed by atoms with Crippen molar-refractivity contribution in [1.82, 2.24) is 20.4 Å². The average Bonchev–Trinajstić information content (AvgIpc) is 3.28. The van der Waals surface area contributed by atoms with Crippen LogP contribution in [0.1, 0.15) is 20.9 Å². The van der Waals surface area contributed by atoms with Gasteiger partial charge in [-0.05, 0) is 36.2 Å². The van der Waals surface area contributed by atoms with E-state index >= 15 is 0 Å². The van der Waals surface area contributed by atoms with Gasteiger partial charge in [-0.15, -0.1) is 11.3 Å². The lowest BCUT2D eigenvalue weighted by molar-refractivity contribution is 0.677. The minimum absolute atomic E-state index is 0.723. The molecule has 25 heavy (non-hydrogen) atoms. The molecule has 130 valence electrons. The van der Waals surface area contributed by atoms with Gasteiger partial charge in [-0.2, -0.15) is 5.10 Å². The first kappa shape index (κ1) is 17.2. The van der Waals surface area contributed by atoms with Gasteiger partial charge < -0.3 is 10.6 Å². The third kappa shape index (κ3) is 4.93. The van der Waals surface area contributed by atoms with Gasteiger partial charge >= 0.3 is 0 Å². The molecule has 2 aromatic heterocycles. The Hall–Kier alpha value is -2.60. The second kappa shape index (κ2) is 8.48. The highest BCUT2D eigenvalue weighted by molar-refractivity contribution is 7.11. The van der Waals surface area contributed by atoms with Gasteiger partial charge in [0.25, 0.3) is 0 Å². The molecule has 6 heteroatoms. The van der Waals surface area contributed by atoms with E-state index in [-0.39, 0.29) is 0 Å². The molecule has 0 bridgehead atoms. The molecule has 0 spiro atoms. The summed E-state index contributed by atoms with van der Waals surface area (Å²) >= 11 is 1.80.